The van der Waals surface area contributed by atoms with Gasteiger partial charge >= 0.3 is 0 Å². The van der Waals surface area contributed by atoms with Crippen molar-refractivity contribution in [2.45, 2.75) is 13.8 Å². The number of benzene rings is 1. The van der Waals surface area contributed by atoms with Crippen LogP contribution in [0.3, 0.4) is 0 Å². The summed E-state index contributed by atoms with van der Waals surface area (Å²) >= 11 is 3.42. The summed E-state index contributed by atoms with van der Waals surface area (Å²) in [6.07, 6.45) is 0. The molecule has 0 nitrogen and oxygen atoms in total. The van der Waals surface area contributed by atoms with E-state index in [9.17, 15) is 0 Å². The molecule has 0 fully saturated rings. The Bertz CT molecular complexity index is 294. The van der Waals surface area contributed by atoms with E-state index < -0.39 is 0 Å². The highest BCUT2D eigenvalue weighted by Gasteiger charge is 1.95. The monoisotopic (exact) mass is 240 g/mol. The van der Waals surface area contributed by atoms with Gasteiger partial charge in [0.2, 0.25) is 0 Å². The summed E-state index contributed by atoms with van der Waals surface area (Å²) in [6, 6.07) is 8.48. The summed E-state index contributed by atoms with van der Waals surface area (Å²) in [4.78, 5) is 0. The van der Waals surface area contributed by atoms with Crippen molar-refractivity contribution in [2.75, 3.05) is 0 Å². The van der Waals surface area contributed by atoms with Crippen LogP contribution in [0.15, 0.2) is 33.9 Å². The summed E-state index contributed by atoms with van der Waals surface area (Å²) < 4.78 is 1.14. The van der Waals surface area contributed by atoms with Gasteiger partial charge in [-0.3, -0.25) is 0 Å². The molecule has 0 aliphatic carbocycles. The second kappa shape index (κ2) is 4.05. The lowest BCUT2D eigenvalue weighted by molar-refractivity contribution is 1.50. The first-order valence-electron chi connectivity index (χ1n) is 4.01. The van der Waals surface area contributed by atoms with Crippen LogP contribution in [0.1, 0.15) is 19.4 Å². The van der Waals surface area contributed by atoms with Crippen LogP contribution in [0.25, 0.3) is 5.57 Å². The van der Waals surface area contributed by atoms with Gasteiger partial charge in [0.05, 0.1) is 0 Å². The summed E-state index contributed by atoms with van der Waals surface area (Å²) in [7, 11) is 1.15. The largest absolute Gasteiger partial charge is 0.0914 e. The Morgan fingerprint density at radius 2 is 1.67 bits per heavy atom. The molecule has 0 saturated carbocycles. The number of halogens is 1. The first-order valence-corrected chi connectivity index (χ1v) is 5.80. The topological polar surface area (TPSA) is 0 Å². The first kappa shape index (κ1) is 9.74. The molecule has 0 aliphatic heterocycles. The molecular formula is C10H13BrSi. The number of hydrogen-bond donors (Lipinski definition) is 0. The Hall–Kier alpha value is -0.343. The van der Waals surface area contributed by atoms with Crippen molar-refractivity contribution < 1.29 is 0 Å². The zero-order valence-corrected chi connectivity index (χ0v) is 11.3. The second-order valence-corrected chi connectivity index (χ2v) is 5.55. The lowest BCUT2D eigenvalue weighted by Gasteiger charge is -2.03. The lowest BCUT2D eigenvalue weighted by atomic mass is 10.1. The van der Waals surface area contributed by atoms with E-state index in [-0.39, 0.29) is 0 Å². The van der Waals surface area contributed by atoms with Gasteiger partial charge in [0.15, 0.2) is 0 Å². The predicted molar refractivity (Wildman–Crippen MR) is 62.3 cm³/mol. The van der Waals surface area contributed by atoms with Crippen molar-refractivity contribution in [1.82, 2.24) is 0 Å². The normalized spacial score (nSPS) is 12.9. The van der Waals surface area contributed by atoms with Crippen LogP contribution in [0, 0.1) is 0 Å². The Balaban J connectivity index is 3.06. The van der Waals surface area contributed by atoms with Crippen molar-refractivity contribution in [3.8, 4) is 0 Å². The maximum Gasteiger partial charge on any atom is 0.0333 e. The quantitative estimate of drug-likeness (QED) is 0.663. The number of hydrogen-bond acceptors (Lipinski definition) is 0. The van der Waals surface area contributed by atoms with E-state index in [0.717, 1.165) is 14.7 Å². The molecule has 0 bridgehead atoms. The van der Waals surface area contributed by atoms with E-state index in [4.69, 9.17) is 0 Å². The first-order chi connectivity index (χ1) is 5.61. The van der Waals surface area contributed by atoms with Gasteiger partial charge in [0.25, 0.3) is 0 Å². The van der Waals surface area contributed by atoms with Crippen LogP contribution in [-0.4, -0.2) is 10.2 Å². The maximum absolute atomic E-state index is 3.42. The maximum atomic E-state index is 3.42. The smallest absolute Gasteiger partial charge is 0.0333 e. The Morgan fingerprint density at radius 1 is 1.17 bits per heavy atom. The zero-order valence-electron chi connectivity index (χ0n) is 7.69. The minimum Gasteiger partial charge on any atom is -0.0914 e. The van der Waals surface area contributed by atoms with Gasteiger partial charge in [-0.25, -0.2) is 0 Å². The minimum atomic E-state index is 1.14. The number of allylic oxidation sites excluding steroid dienone is 2. The van der Waals surface area contributed by atoms with Crippen LogP contribution in [-0.2, 0) is 0 Å². The molecule has 1 aromatic carbocycles. The third-order valence-electron chi connectivity index (χ3n) is 2.03. The summed E-state index contributed by atoms with van der Waals surface area (Å²) in [5.74, 6) is 0. The highest BCUT2D eigenvalue weighted by Crippen LogP contribution is 2.18. The van der Waals surface area contributed by atoms with Gasteiger partial charge in [-0.1, -0.05) is 33.3 Å². The molecule has 0 atom stereocenters. The van der Waals surface area contributed by atoms with Crippen molar-refractivity contribution in [3.05, 3.63) is 39.5 Å². The van der Waals surface area contributed by atoms with Crippen molar-refractivity contribution in [3.63, 3.8) is 0 Å². The van der Waals surface area contributed by atoms with E-state index in [1.54, 1.807) is 0 Å². The van der Waals surface area contributed by atoms with Gasteiger partial charge in [-0.2, -0.15) is 0 Å². The van der Waals surface area contributed by atoms with E-state index in [1.807, 2.05) is 0 Å². The average molecular weight is 241 g/mol. The second-order valence-electron chi connectivity index (χ2n) is 3.13. The molecule has 0 spiro atoms. The van der Waals surface area contributed by atoms with Crippen molar-refractivity contribution in [2.24, 2.45) is 0 Å². The summed E-state index contributed by atoms with van der Waals surface area (Å²) in [5.41, 5.74) is 2.76. The highest BCUT2D eigenvalue weighted by atomic mass is 79.9. The molecule has 0 heterocycles. The molecule has 0 saturated heterocycles. The Kier molecular flexibility index (Phi) is 3.29. The molecule has 0 unspecified atom stereocenters. The average Bonchev–Trinajstić information content (AvgIpc) is 2.04. The molecular weight excluding hydrogens is 228 g/mol. The fourth-order valence-corrected chi connectivity index (χ4v) is 1.54. The molecule has 2 heteroatoms. The minimum absolute atomic E-state index is 1.14. The lowest BCUT2D eigenvalue weighted by Crippen LogP contribution is -1.83. The van der Waals surface area contributed by atoms with Gasteiger partial charge in [-0.15, -0.1) is 0 Å². The van der Waals surface area contributed by atoms with Gasteiger partial charge < -0.3 is 0 Å². The third-order valence-corrected chi connectivity index (χ3v) is 3.31. The number of rotatable bonds is 1. The third kappa shape index (κ3) is 2.32. The van der Waals surface area contributed by atoms with Crippen LogP contribution >= 0.6 is 15.9 Å². The molecule has 0 N–H and O–H groups in total. The van der Waals surface area contributed by atoms with E-state index in [0.29, 0.717) is 0 Å². The molecule has 0 aliphatic rings. The fraction of sp³-hybridized carbons (Fsp3) is 0.200. The highest BCUT2D eigenvalue weighted by molar-refractivity contribution is 9.10. The fourth-order valence-electron chi connectivity index (χ4n) is 0.989. The van der Waals surface area contributed by atoms with Crippen LogP contribution in [0.2, 0.25) is 0 Å². The predicted octanol–water partition coefficient (Wildman–Crippen LogP) is 2.57. The van der Waals surface area contributed by atoms with E-state index >= 15 is 0 Å². The standard InChI is InChI=1S/C10H13BrSi/c1-7(8(2)12)9-3-5-10(11)6-4-9/h3-6H,1-2,12H3. The molecule has 1 aromatic rings. The molecule has 0 aromatic heterocycles. The molecule has 1 rings (SSSR count). The van der Waals surface area contributed by atoms with Gasteiger partial charge in [0, 0.05) is 14.7 Å². The molecule has 0 radical (unpaired) electrons. The summed E-state index contributed by atoms with van der Waals surface area (Å²) in [5, 5.41) is 1.51. The SMILES string of the molecule is CC([SiH3])=C(C)c1ccc(Br)cc1. The van der Waals surface area contributed by atoms with E-state index in [2.05, 4.69) is 54.0 Å². The van der Waals surface area contributed by atoms with Gasteiger partial charge in [-0.05, 0) is 37.1 Å². The Morgan fingerprint density at radius 3 is 2.08 bits per heavy atom. The molecule has 64 valence electrons. The molecule has 0 amide bonds. The van der Waals surface area contributed by atoms with Crippen molar-refractivity contribution >= 4 is 31.7 Å². The zero-order chi connectivity index (χ0) is 9.14. The van der Waals surface area contributed by atoms with E-state index in [1.165, 1.54) is 16.3 Å². The van der Waals surface area contributed by atoms with Crippen molar-refractivity contribution in [1.29, 1.82) is 0 Å². The van der Waals surface area contributed by atoms with Crippen LogP contribution in [0.4, 0.5) is 0 Å². The van der Waals surface area contributed by atoms with Crippen LogP contribution in [0.5, 0.6) is 0 Å². The van der Waals surface area contributed by atoms with Gasteiger partial charge in [0.1, 0.15) is 0 Å². The Labute approximate surface area is 85.2 Å². The summed E-state index contributed by atoms with van der Waals surface area (Å²) in [6.45, 7) is 4.38. The molecule has 12 heavy (non-hydrogen) atoms. The van der Waals surface area contributed by atoms with Crippen LogP contribution < -0.4 is 0 Å².